The van der Waals surface area contributed by atoms with E-state index in [1.807, 2.05) is 92.9 Å². The zero-order valence-electron chi connectivity index (χ0n) is 26.1. The summed E-state index contributed by atoms with van der Waals surface area (Å²) in [6.07, 6.45) is 3.70. The number of rotatable bonds is 13. The largest absolute Gasteiger partial charge is 0.494 e. The highest BCUT2D eigenvalue weighted by atomic mass is 16.7. The molecule has 2 N–H and O–H groups in total. The van der Waals surface area contributed by atoms with Crippen molar-refractivity contribution in [2.75, 3.05) is 68.5 Å². The molecule has 0 radical (unpaired) electrons. The highest BCUT2D eigenvalue weighted by Crippen LogP contribution is 2.39. The molecule has 4 aromatic rings. The summed E-state index contributed by atoms with van der Waals surface area (Å²) in [4.78, 5) is 31.8. The maximum Gasteiger partial charge on any atom is 0.247 e. The van der Waals surface area contributed by atoms with Crippen molar-refractivity contribution in [1.29, 1.82) is 0 Å². The number of nitrogens with zero attached hydrogens (tertiary/aromatic N) is 5. The van der Waals surface area contributed by atoms with Crippen molar-refractivity contribution < 1.29 is 19.1 Å². The molecule has 1 aliphatic heterocycles. The number of benzene rings is 3. The quantitative estimate of drug-likeness (QED) is 0.175. The number of para-hydroxylation sites is 1. The number of nitrogens with one attached hydrogen (secondary N) is 2. The zero-order valence-corrected chi connectivity index (χ0v) is 26.1. The van der Waals surface area contributed by atoms with Gasteiger partial charge in [0, 0.05) is 44.9 Å². The van der Waals surface area contributed by atoms with Crippen molar-refractivity contribution in [3.05, 3.63) is 97.2 Å². The monoisotopic (exact) mass is 609 g/mol. The predicted molar refractivity (Wildman–Crippen MR) is 178 cm³/mol. The van der Waals surface area contributed by atoms with E-state index in [-0.39, 0.29) is 11.9 Å². The van der Waals surface area contributed by atoms with Crippen LogP contribution in [0, 0.1) is 0 Å². The number of ether oxygens (including phenoxy) is 2. The minimum absolute atomic E-state index is 0.0701. The number of hydroxylamine groups is 1. The summed E-state index contributed by atoms with van der Waals surface area (Å²) in [5, 5.41) is 8.00. The lowest BCUT2D eigenvalue weighted by molar-refractivity contribution is -0.111. The Morgan fingerprint density at radius 3 is 2.60 bits per heavy atom. The molecule has 1 aliphatic rings. The molecule has 3 aromatic carbocycles. The standard InChI is InChI=1S/C34H39N7O4/c1-6-33(42)36-27-22-28(31(43-5)23-30(27)40(4)19-18-39(2)3)37-34-35-17-15-32(38-34)41-29(16-20-44-41)24-11-10-14-26(21-24)45-25-12-8-7-9-13-25/h6-15,17,21-23,29H,1,16,18-20H2,2-5H3,(H,36,42)(H,35,37,38)/t29-/m1/s1. The van der Waals surface area contributed by atoms with Crippen LogP contribution in [-0.4, -0.2) is 68.7 Å². The van der Waals surface area contributed by atoms with Gasteiger partial charge in [0.2, 0.25) is 11.9 Å². The van der Waals surface area contributed by atoms with Crippen LogP contribution < -0.4 is 30.1 Å². The third-order valence-electron chi connectivity index (χ3n) is 7.29. The van der Waals surface area contributed by atoms with E-state index in [0.29, 0.717) is 35.5 Å². The molecule has 11 nitrogen and oxygen atoms in total. The van der Waals surface area contributed by atoms with Gasteiger partial charge in [-0.3, -0.25) is 9.63 Å². The van der Waals surface area contributed by atoms with Crippen LogP contribution in [0.15, 0.2) is 91.6 Å². The molecule has 1 saturated heterocycles. The van der Waals surface area contributed by atoms with Crippen molar-refractivity contribution in [3.8, 4) is 17.2 Å². The van der Waals surface area contributed by atoms with E-state index in [1.54, 1.807) is 13.3 Å². The number of aromatic nitrogens is 2. The first-order valence-electron chi connectivity index (χ1n) is 14.7. The summed E-state index contributed by atoms with van der Waals surface area (Å²) in [5.41, 5.74) is 3.03. The lowest BCUT2D eigenvalue weighted by Gasteiger charge is -2.26. The van der Waals surface area contributed by atoms with E-state index in [1.165, 1.54) is 6.08 Å². The van der Waals surface area contributed by atoms with Crippen LogP contribution >= 0.6 is 0 Å². The Kier molecular flexibility index (Phi) is 10.1. The molecular weight excluding hydrogens is 570 g/mol. The maximum atomic E-state index is 12.3. The van der Waals surface area contributed by atoms with Crippen LogP contribution in [0.25, 0.3) is 0 Å². The Hall–Kier alpha value is -5.13. The molecule has 1 amide bonds. The zero-order chi connectivity index (χ0) is 31.8. The molecular formula is C34H39N7O4. The van der Waals surface area contributed by atoms with Gasteiger partial charge in [-0.1, -0.05) is 36.9 Å². The molecule has 45 heavy (non-hydrogen) atoms. The average molecular weight is 610 g/mol. The van der Waals surface area contributed by atoms with E-state index >= 15 is 0 Å². The minimum atomic E-state index is -0.318. The molecule has 2 heterocycles. The van der Waals surface area contributed by atoms with Crippen LogP contribution in [0.4, 0.5) is 28.8 Å². The second kappa shape index (κ2) is 14.6. The fraction of sp³-hybridized carbons (Fsp3) is 0.265. The minimum Gasteiger partial charge on any atom is -0.494 e. The number of likely N-dealkylation sites (N-methyl/N-ethyl adjacent to an activating group) is 2. The molecule has 11 heteroatoms. The summed E-state index contributed by atoms with van der Waals surface area (Å²) in [6.45, 7) is 5.71. The van der Waals surface area contributed by atoms with Crippen LogP contribution in [-0.2, 0) is 9.63 Å². The van der Waals surface area contributed by atoms with Crippen molar-refractivity contribution in [1.82, 2.24) is 14.9 Å². The van der Waals surface area contributed by atoms with Crippen molar-refractivity contribution in [2.45, 2.75) is 12.5 Å². The molecule has 0 unspecified atom stereocenters. The topological polar surface area (TPSA) is 104 Å². The summed E-state index contributed by atoms with van der Waals surface area (Å²) in [5.74, 6) is 2.72. The SMILES string of the molecule is C=CC(=O)Nc1cc(Nc2nccc(N3OCC[C@@H]3c3cccc(Oc4ccccc4)c3)n2)c(OC)cc1N(C)CCN(C)C. The molecule has 5 rings (SSSR count). The highest BCUT2D eigenvalue weighted by Gasteiger charge is 2.29. The summed E-state index contributed by atoms with van der Waals surface area (Å²) in [7, 11) is 7.60. The summed E-state index contributed by atoms with van der Waals surface area (Å²) < 4.78 is 11.8. The molecule has 1 atom stereocenters. The van der Waals surface area contributed by atoms with Crippen LogP contribution in [0.2, 0.25) is 0 Å². The fourth-order valence-corrected chi connectivity index (χ4v) is 4.97. The smallest absolute Gasteiger partial charge is 0.247 e. The normalized spacial score (nSPS) is 14.2. The van der Waals surface area contributed by atoms with E-state index in [0.717, 1.165) is 42.3 Å². The molecule has 0 aliphatic carbocycles. The summed E-state index contributed by atoms with van der Waals surface area (Å²) >= 11 is 0. The first kappa shape index (κ1) is 31.3. The van der Waals surface area contributed by atoms with E-state index in [2.05, 4.69) is 38.1 Å². The Morgan fingerprint density at radius 2 is 1.84 bits per heavy atom. The number of carbonyl (C=O) groups excluding carboxylic acids is 1. The van der Waals surface area contributed by atoms with Gasteiger partial charge in [-0.25, -0.2) is 10.0 Å². The Balaban J connectivity index is 1.39. The third kappa shape index (κ3) is 7.88. The van der Waals surface area contributed by atoms with Gasteiger partial charge in [-0.15, -0.1) is 0 Å². The van der Waals surface area contributed by atoms with Gasteiger partial charge in [-0.05, 0) is 56.1 Å². The molecule has 1 fully saturated rings. The van der Waals surface area contributed by atoms with Gasteiger partial charge in [-0.2, -0.15) is 4.98 Å². The van der Waals surface area contributed by atoms with E-state index in [9.17, 15) is 4.79 Å². The lowest BCUT2D eigenvalue weighted by Crippen LogP contribution is -2.29. The maximum absolute atomic E-state index is 12.3. The van der Waals surface area contributed by atoms with Crippen LogP contribution in [0.5, 0.6) is 17.2 Å². The van der Waals surface area contributed by atoms with Crippen molar-refractivity contribution >= 4 is 34.7 Å². The van der Waals surface area contributed by atoms with Gasteiger partial charge in [0.05, 0.1) is 36.8 Å². The molecule has 234 valence electrons. The Labute approximate surface area is 264 Å². The first-order valence-corrected chi connectivity index (χ1v) is 14.7. The number of methoxy groups -OCH3 is 1. The highest BCUT2D eigenvalue weighted by molar-refractivity contribution is 6.02. The second-order valence-electron chi connectivity index (χ2n) is 10.8. The number of hydrogen-bond donors (Lipinski definition) is 2. The first-order chi connectivity index (χ1) is 21.8. The van der Waals surface area contributed by atoms with Crippen LogP contribution in [0.3, 0.4) is 0 Å². The van der Waals surface area contributed by atoms with Gasteiger partial charge in [0.25, 0.3) is 0 Å². The van der Waals surface area contributed by atoms with Gasteiger partial charge < -0.3 is 29.9 Å². The third-order valence-corrected chi connectivity index (χ3v) is 7.29. The van der Waals surface area contributed by atoms with Crippen molar-refractivity contribution in [3.63, 3.8) is 0 Å². The number of hydrogen-bond acceptors (Lipinski definition) is 10. The van der Waals surface area contributed by atoms with E-state index < -0.39 is 0 Å². The Morgan fingerprint density at radius 1 is 1.04 bits per heavy atom. The van der Waals surface area contributed by atoms with E-state index in [4.69, 9.17) is 19.3 Å². The fourth-order valence-electron chi connectivity index (χ4n) is 4.97. The lowest BCUT2D eigenvalue weighted by atomic mass is 10.0. The summed E-state index contributed by atoms with van der Waals surface area (Å²) in [6, 6.07) is 23.1. The van der Waals surface area contributed by atoms with Gasteiger partial charge >= 0.3 is 0 Å². The average Bonchev–Trinajstić information content (AvgIpc) is 3.55. The second-order valence-corrected chi connectivity index (χ2v) is 10.8. The molecule has 0 bridgehead atoms. The van der Waals surface area contributed by atoms with Gasteiger partial charge in [0.15, 0.2) is 5.82 Å². The number of carbonyl (C=O) groups is 1. The van der Waals surface area contributed by atoms with Gasteiger partial charge in [0.1, 0.15) is 17.2 Å². The number of amides is 1. The van der Waals surface area contributed by atoms with Crippen molar-refractivity contribution in [2.24, 2.45) is 0 Å². The molecule has 0 spiro atoms. The molecule has 0 saturated carbocycles. The van der Waals surface area contributed by atoms with Crippen LogP contribution in [0.1, 0.15) is 18.0 Å². The predicted octanol–water partition coefficient (Wildman–Crippen LogP) is 6.03. The molecule has 1 aromatic heterocycles. The number of anilines is 5. The Bertz CT molecular complexity index is 1620.